The molecule has 0 bridgehead atoms. The predicted molar refractivity (Wildman–Crippen MR) is 80.1 cm³/mol. The summed E-state index contributed by atoms with van der Waals surface area (Å²) in [5.41, 5.74) is 11.4. The van der Waals surface area contributed by atoms with Gasteiger partial charge in [0.15, 0.2) is 0 Å². The van der Waals surface area contributed by atoms with Crippen molar-refractivity contribution < 1.29 is 9.53 Å². The van der Waals surface area contributed by atoms with Crippen molar-refractivity contribution in [3.05, 3.63) is 35.9 Å². The Kier molecular flexibility index (Phi) is 6.64. The minimum atomic E-state index is -1.12. The Morgan fingerprint density at radius 2 is 1.95 bits per heavy atom. The standard InChI is InChI=1S/C15H25N3O2/c1-3-18(11-12-20-2)10-9-15(17,14(16)19)13-7-5-4-6-8-13/h4-8H,3,9-12,17H2,1-2H3,(H2,16,19). The Morgan fingerprint density at radius 3 is 2.45 bits per heavy atom. The van der Waals surface area contributed by atoms with Crippen LogP contribution in [-0.2, 0) is 15.1 Å². The molecule has 0 radical (unpaired) electrons. The zero-order valence-electron chi connectivity index (χ0n) is 12.3. The maximum Gasteiger partial charge on any atom is 0.242 e. The van der Waals surface area contributed by atoms with E-state index >= 15 is 0 Å². The molecule has 0 saturated carbocycles. The van der Waals surface area contributed by atoms with Gasteiger partial charge >= 0.3 is 0 Å². The lowest BCUT2D eigenvalue weighted by Crippen LogP contribution is -2.51. The Balaban J connectivity index is 2.75. The third-order valence-corrected chi connectivity index (χ3v) is 3.61. The Morgan fingerprint density at radius 1 is 1.30 bits per heavy atom. The monoisotopic (exact) mass is 279 g/mol. The first-order chi connectivity index (χ1) is 9.54. The van der Waals surface area contributed by atoms with Gasteiger partial charge in [-0.3, -0.25) is 4.79 Å². The summed E-state index contributed by atoms with van der Waals surface area (Å²) >= 11 is 0. The van der Waals surface area contributed by atoms with E-state index < -0.39 is 11.4 Å². The zero-order chi connectivity index (χ0) is 15.0. The van der Waals surface area contributed by atoms with Gasteiger partial charge in [0.1, 0.15) is 5.54 Å². The smallest absolute Gasteiger partial charge is 0.242 e. The predicted octanol–water partition coefficient (Wildman–Crippen LogP) is 0.684. The molecule has 1 aromatic rings. The van der Waals surface area contributed by atoms with Crippen molar-refractivity contribution in [2.45, 2.75) is 18.9 Å². The second kappa shape index (κ2) is 7.99. The lowest BCUT2D eigenvalue weighted by atomic mass is 9.86. The van der Waals surface area contributed by atoms with Crippen LogP contribution in [0.15, 0.2) is 30.3 Å². The first-order valence-electron chi connectivity index (χ1n) is 6.90. The first-order valence-corrected chi connectivity index (χ1v) is 6.90. The van der Waals surface area contributed by atoms with Crippen LogP contribution in [0, 0.1) is 0 Å². The molecule has 0 aromatic heterocycles. The van der Waals surface area contributed by atoms with Gasteiger partial charge in [-0.05, 0) is 18.5 Å². The fourth-order valence-electron chi connectivity index (χ4n) is 2.13. The molecule has 0 fully saturated rings. The van der Waals surface area contributed by atoms with Crippen LogP contribution in [0.2, 0.25) is 0 Å². The Labute approximate surface area is 120 Å². The molecule has 0 aliphatic rings. The highest BCUT2D eigenvalue weighted by Crippen LogP contribution is 2.22. The number of carbonyl (C=O) groups is 1. The number of amides is 1. The van der Waals surface area contributed by atoms with Gasteiger partial charge in [-0.1, -0.05) is 37.3 Å². The lowest BCUT2D eigenvalue weighted by molar-refractivity contribution is -0.123. The van der Waals surface area contributed by atoms with E-state index in [9.17, 15) is 4.79 Å². The summed E-state index contributed by atoms with van der Waals surface area (Å²) in [6.45, 7) is 5.13. The van der Waals surface area contributed by atoms with Crippen LogP contribution in [0.1, 0.15) is 18.9 Å². The van der Waals surface area contributed by atoms with Gasteiger partial charge in [0.05, 0.1) is 6.61 Å². The van der Waals surface area contributed by atoms with Crippen LogP contribution >= 0.6 is 0 Å². The molecule has 1 atom stereocenters. The average Bonchev–Trinajstić information content (AvgIpc) is 2.47. The molecule has 1 amide bonds. The number of nitrogens with two attached hydrogens (primary N) is 2. The fraction of sp³-hybridized carbons (Fsp3) is 0.533. The average molecular weight is 279 g/mol. The number of hydrogen-bond donors (Lipinski definition) is 2. The largest absolute Gasteiger partial charge is 0.383 e. The van der Waals surface area contributed by atoms with Crippen LogP contribution in [0.4, 0.5) is 0 Å². The van der Waals surface area contributed by atoms with Gasteiger partial charge in [-0.15, -0.1) is 0 Å². The van der Waals surface area contributed by atoms with Gasteiger partial charge in [0.2, 0.25) is 5.91 Å². The van der Waals surface area contributed by atoms with Gasteiger partial charge < -0.3 is 21.1 Å². The molecule has 0 spiro atoms. The summed E-state index contributed by atoms with van der Waals surface area (Å²) < 4.78 is 5.07. The molecule has 5 heteroatoms. The van der Waals surface area contributed by atoms with Gasteiger partial charge in [0.25, 0.3) is 0 Å². The van der Waals surface area contributed by atoms with Crippen LogP contribution in [0.3, 0.4) is 0 Å². The minimum absolute atomic E-state index is 0.490. The summed E-state index contributed by atoms with van der Waals surface area (Å²) in [6.07, 6.45) is 0.490. The van der Waals surface area contributed by atoms with Crippen molar-refractivity contribution in [2.24, 2.45) is 11.5 Å². The number of methoxy groups -OCH3 is 1. The molecule has 0 aliphatic heterocycles. The molecule has 20 heavy (non-hydrogen) atoms. The molecular weight excluding hydrogens is 254 g/mol. The number of ether oxygens (including phenoxy) is 1. The third-order valence-electron chi connectivity index (χ3n) is 3.61. The summed E-state index contributed by atoms with van der Waals surface area (Å²) in [6, 6.07) is 9.30. The number of hydrogen-bond acceptors (Lipinski definition) is 4. The fourth-order valence-corrected chi connectivity index (χ4v) is 2.13. The molecular formula is C15H25N3O2. The maximum atomic E-state index is 11.8. The molecule has 0 aliphatic carbocycles. The number of carbonyl (C=O) groups excluding carboxylic acids is 1. The highest BCUT2D eigenvalue weighted by Gasteiger charge is 2.33. The Bertz CT molecular complexity index is 411. The number of rotatable bonds is 9. The minimum Gasteiger partial charge on any atom is -0.383 e. The van der Waals surface area contributed by atoms with E-state index in [0.717, 1.165) is 18.7 Å². The van der Waals surface area contributed by atoms with E-state index in [2.05, 4.69) is 11.8 Å². The second-order valence-corrected chi connectivity index (χ2v) is 4.88. The van der Waals surface area contributed by atoms with Gasteiger partial charge in [0, 0.05) is 20.2 Å². The van der Waals surface area contributed by atoms with Crippen molar-refractivity contribution >= 4 is 5.91 Å². The van der Waals surface area contributed by atoms with E-state index in [1.807, 2.05) is 30.3 Å². The molecule has 5 nitrogen and oxygen atoms in total. The van der Waals surface area contributed by atoms with E-state index in [0.29, 0.717) is 19.6 Å². The lowest BCUT2D eigenvalue weighted by Gasteiger charge is -2.30. The SMILES string of the molecule is CCN(CCOC)CCC(N)(C(N)=O)c1ccccc1. The topological polar surface area (TPSA) is 81.6 Å². The van der Waals surface area contributed by atoms with E-state index in [4.69, 9.17) is 16.2 Å². The number of nitrogens with zero attached hydrogens (tertiary/aromatic N) is 1. The second-order valence-electron chi connectivity index (χ2n) is 4.88. The third kappa shape index (κ3) is 4.30. The van der Waals surface area contributed by atoms with E-state index in [-0.39, 0.29) is 0 Å². The van der Waals surface area contributed by atoms with Crippen LogP contribution in [0.25, 0.3) is 0 Å². The van der Waals surface area contributed by atoms with Crippen molar-refractivity contribution in [1.29, 1.82) is 0 Å². The molecule has 1 unspecified atom stereocenters. The van der Waals surface area contributed by atoms with Gasteiger partial charge in [-0.25, -0.2) is 0 Å². The van der Waals surface area contributed by atoms with E-state index in [1.54, 1.807) is 7.11 Å². The van der Waals surface area contributed by atoms with Crippen molar-refractivity contribution in [3.63, 3.8) is 0 Å². The normalized spacial score (nSPS) is 14.2. The summed E-state index contributed by atoms with van der Waals surface area (Å²) in [5, 5.41) is 0. The number of likely N-dealkylation sites (N-methyl/N-ethyl adjacent to an activating group) is 1. The number of primary amides is 1. The van der Waals surface area contributed by atoms with E-state index in [1.165, 1.54) is 0 Å². The molecule has 0 saturated heterocycles. The molecule has 0 heterocycles. The quantitative estimate of drug-likeness (QED) is 0.696. The van der Waals surface area contributed by atoms with Crippen molar-refractivity contribution in [3.8, 4) is 0 Å². The maximum absolute atomic E-state index is 11.8. The molecule has 1 rings (SSSR count). The molecule has 112 valence electrons. The summed E-state index contributed by atoms with van der Waals surface area (Å²) in [5.74, 6) is -0.494. The Hall–Kier alpha value is -1.43. The molecule has 4 N–H and O–H groups in total. The highest BCUT2D eigenvalue weighted by atomic mass is 16.5. The van der Waals surface area contributed by atoms with Crippen molar-refractivity contribution in [1.82, 2.24) is 4.90 Å². The number of benzene rings is 1. The zero-order valence-corrected chi connectivity index (χ0v) is 12.3. The summed E-state index contributed by atoms with van der Waals surface area (Å²) in [4.78, 5) is 14.0. The first kappa shape index (κ1) is 16.6. The highest BCUT2D eigenvalue weighted by molar-refractivity contribution is 5.85. The van der Waals surface area contributed by atoms with Crippen LogP contribution in [-0.4, -0.2) is 44.2 Å². The van der Waals surface area contributed by atoms with Crippen molar-refractivity contribution in [2.75, 3.05) is 33.4 Å². The van der Waals surface area contributed by atoms with Crippen LogP contribution < -0.4 is 11.5 Å². The molecule has 1 aromatic carbocycles. The summed E-state index contributed by atoms with van der Waals surface area (Å²) in [7, 11) is 1.68. The van der Waals surface area contributed by atoms with Gasteiger partial charge in [-0.2, -0.15) is 0 Å². The van der Waals surface area contributed by atoms with Crippen LogP contribution in [0.5, 0.6) is 0 Å².